The molecular formula is C11H13N3S. The molecule has 1 fully saturated rings. The van der Waals surface area contributed by atoms with E-state index in [-0.39, 0.29) is 0 Å². The molecule has 0 spiro atoms. The van der Waals surface area contributed by atoms with Crippen LogP contribution in [0.4, 0.5) is 5.95 Å². The topological polar surface area (TPSA) is 29.9 Å². The van der Waals surface area contributed by atoms with E-state index in [4.69, 9.17) is 0 Å². The maximum atomic E-state index is 4.33. The SMILES string of the molecule is c1cn(C2CC2)c(NCc2ccsc2)n1. The zero-order valence-corrected chi connectivity index (χ0v) is 9.20. The smallest absolute Gasteiger partial charge is 0.203 e. The van der Waals surface area contributed by atoms with Crippen LogP contribution in [0.15, 0.2) is 29.2 Å². The molecule has 0 radical (unpaired) electrons. The van der Waals surface area contributed by atoms with Crippen molar-refractivity contribution >= 4 is 17.3 Å². The summed E-state index contributed by atoms with van der Waals surface area (Å²) in [5.74, 6) is 1.00. The van der Waals surface area contributed by atoms with Crippen molar-refractivity contribution in [3.05, 3.63) is 34.8 Å². The van der Waals surface area contributed by atoms with E-state index >= 15 is 0 Å². The lowest BCUT2D eigenvalue weighted by Crippen LogP contribution is -2.05. The summed E-state index contributed by atoms with van der Waals surface area (Å²) in [6.07, 6.45) is 6.52. The fourth-order valence-electron chi connectivity index (χ4n) is 1.67. The monoisotopic (exact) mass is 219 g/mol. The molecule has 3 rings (SSSR count). The lowest BCUT2D eigenvalue weighted by atomic mass is 10.3. The molecule has 1 aliphatic carbocycles. The van der Waals surface area contributed by atoms with E-state index < -0.39 is 0 Å². The van der Waals surface area contributed by atoms with Crippen LogP contribution in [-0.4, -0.2) is 9.55 Å². The third-order valence-electron chi connectivity index (χ3n) is 2.64. The van der Waals surface area contributed by atoms with E-state index in [0.717, 1.165) is 12.5 Å². The molecule has 0 amide bonds. The minimum absolute atomic E-state index is 0.692. The summed E-state index contributed by atoms with van der Waals surface area (Å²) in [7, 11) is 0. The van der Waals surface area contributed by atoms with Crippen LogP contribution in [0.3, 0.4) is 0 Å². The zero-order chi connectivity index (χ0) is 10.1. The summed E-state index contributed by atoms with van der Waals surface area (Å²) in [6, 6.07) is 2.83. The molecule has 78 valence electrons. The Bertz CT molecular complexity index is 428. The molecule has 0 aliphatic heterocycles. The van der Waals surface area contributed by atoms with Gasteiger partial charge in [-0.2, -0.15) is 11.3 Å². The van der Waals surface area contributed by atoms with Gasteiger partial charge in [0.15, 0.2) is 0 Å². The predicted octanol–water partition coefficient (Wildman–Crippen LogP) is 2.89. The maximum absolute atomic E-state index is 4.33. The second-order valence-corrected chi connectivity index (χ2v) is 4.65. The number of hydrogen-bond acceptors (Lipinski definition) is 3. The molecule has 0 saturated heterocycles. The molecule has 0 unspecified atom stereocenters. The molecule has 2 aromatic rings. The molecule has 0 aromatic carbocycles. The first kappa shape index (κ1) is 8.97. The first-order valence-electron chi connectivity index (χ1n) is 5.21. The maximum Gasteiger partial charge on any atom is 0.203 e. The molecule has 4 heteroatoms. The van der Waals surface area contributed by atoms with Crippen LogP contribution in [-0.2, 0) is 6.54 Å². The number of imidazole rings is 1. The first-order chi connectivity index (χ1) is 7.43. The standard InChI is InChI=1S/C11H13N3S/c1-2-10(1)14-5-4-12-11(14)13-7-9-3-6-15-8-9/h3-6,8,10H,1-2,7H2,(H,12,13). The highest BCUT2D eigenvalue weighted by Gasteiger charge is 2.25. The van der Waals surface area contributed by atoms with Gasteiger partial charge < -0.3 is 9.88 Å². The lowest BCUT2D eigenvalue weighted by molar-refractivity contribution is 0.743. The fraction of sp³-hybridized carbons (Fsp3) is 0.364. The Kier molecular flexibility index (Phi) is 2.21. The Morgan fingerprint density at radius 2 is 2.47 bits per heavy atom. The Labute approximate surface area is 92.8 Å². The Balaban J connectivity index is 1.68. The number of nitrogens with zero attached hydrogens (tertiary/aromatic N) is 2. The van der Waals surface area contributed by atoms with Gasteiger partial charge in [-0.3, -0.25) is 0 Å². The largest absolute Gasteiger partial charge is 0.352 e. The minimum Gasteiger partial charge on any atom is -0.352 e. The van der Waals surface area contributed by atoms with Crippen LogP contribution in [0.1, 0.15) is 24.4 Å². The van der Waals surface area contributed by atoms with E-state index in [2.05, 4.69) is 37.9 Å². The van der Waals surface area contributed by atoms with Crippen LogP contribution in [0, 0.1) is 0 Å². The number of thiophene rings is 1. The van der Waals surface area contributed by atoms with Crippen molar-refractivity contribution in [2.45, 2.75) is 25.4 Å². The van der Waals surface area contributed by atoms with E-state index in [1.54, 1.807) is 11.3 Å². The molecule has 2 heterocycles. The summed E-state index contributed by atoms with van der Waals surface area (Å²) < 4.78 is 2.24. The normalized spacial score (nSPS) is 15.5. The van der Waals surface area contributed by atoms with Gasteiger partial charge in [0.1, 0.15) is 0 Å². The molecule has 0 atom stereocenters. The van der Waals surface area contributed by atoms with Crippen molar-refractivity contribution in [2.24, 2.45) is 0 Å². The van der Waals surface area contributed by atoms with E-state index in [9.17, 15) is 0 Å². The minimum atomic E-state index is 0.692. The van der Waals surface area contributed by atoms with E-state index in [0.29, 0.717) is 6.04 Å². The van der Waals surface area contributed by atoms with Gasteiger partial charge in [0.25, 0.3) is 0 Å². The highest BCUT2D eigenvalue weighted by Crippen LogP contribution is 2.36. The summed E-state index contributed by atoms with van der Waals surface area (Å²) >= 11 is 1.73. The average Bonchev–Trinajstić information content (AvgIpc) is 2.81. The van der Waals surface area contributed by atoms with Crippen molar-refractivity contribution < 1.29 is 0 Å². The number of aromatic nitrogens is 2. The van der Waals surface area contributed by atoms with E-state index in [1.165, 1.54) is 18.4 Å². The van der Waals surface area contributed by atoms with Crippen LogP contribution < -0.4 is 5.32 Å². The predicted molar refractivity (Wildman–Crippen MR) is 62.1 cm³/mol. The quantitative estimate of drug-likeness (QED) is 0.857. The molecule has 0 bridgehead atoms. The summed E-state index contributed by atoms with van der Waals surface area (Å²) in [4.78, 5) is 4.33. The van der Waals surface area contributed by atoms with Crippen molar-refractivity contribution in [2.75, 3.05) is 5.32 Å². The van der Waals surface area contributed by atoms with Gasteiger partial charge in [0.2, 0.25) is 5.95 Å². The number of nitrogens with one attached hydrogen (secondary N) is 1. The van der Waals surface area contributed by atoms with Gasteiger partial charge in [-0.05, 0) is 35.2 Å². The second kappa shape index (κ2) is 3.70. The molecule has 2 aromatic heterocycles. The van der Waals surface area contributed by atoms with Gasteiger partial charge in [-0.15, -0.1) is 0 Å². The lowest BCUT2D eigenvalue weighted by Gasteiger charge is -2.07. The third-order valence-corrected chi connectivity index (χ3v) is 3.37. The fourth-order valence-corrected chi connectivity index (χ4v) is 2.34. The Morgan fingerprint density at radius 1 is 1.53 bits per heavy atom. The second-order valence-electron chi connectivity index (χ2n) is 3.87. The van der Waals surface area contributed by atoms with Crippen molar-refractivity contribution in [1.82, 2.24) is 9.55 Å². The van der Waals surface area contributed by atoms with Crippen molar-refractivity contribution in [3.8, 4) is 0 Å². The van der Waals surface area contributed by atoms with Crippen LogP contribution in [0.25, 0.3) is 0 Å². The van der Waals surface area contributed by atoms with Gasteiger partial charge in [0, 0.05) is 25.0 Å². The number of anilines is 1. The molecule has 15 heavy (non-hydrogen) atoms. The highest BCUT2D eigenvalue weighted by molar-refractivity contribution is 7.07. The van der Waals surface area contributed by atoms with Gasteiger partial charge in [0.05, 0.1) is 0 Å². The van der Waals surface area contributed by atoms with Gasteiger partial charge in [-0.1, -0.05) is 0 Å². The Morgan fingerprint density at radius 3 is 3.20 bits per heavy atom. The van der Waals surface area contributed by atoms with E-state index in [1.807, 2.05) is 6.20 Å². The molecule has 1 saturated carbocycles. The average molecular weight is 219 g/mol. The number of rotatable bonds is 4. The molecule has 1 aliphatic rings. The van der Waals surface area contributed by atoms with Crippen LogP contribution >= 0.6 is 11.3 Å². The first-order valence-corrected chi connectivity index (χ1v) is 6.15. The summed E-state index contributed by atoms with van der Waals surface area (Å²) in [6.45, 7) is 0.868. The van der Waals surface area contributed by atoms with Crippen LogP contribution in [0.5, 0.6) is 0 Å². The summed E-state index contributed by atoms with van der Waals surface area (Å²) in [5.41, 5.74) is 1.32. The molecular weight excluding hydrogens is 206 g/mol. The highest BCUT2D eigenvalue weighted by atomic mass is 32.1. The van der Waals surface area contributed by atoms with Gasteiger partial charge in [-0.25, -0.2) is 4.98 Å². The summed E-state index contributed by atoms with van der Waals surface area (Å²) in [5, 5.41) is 7.64. The number of hydrogen-bond donors (Lipinski definition) is 1. The van der Waals surface area contributed by atoms with Crippen molar-refractivity contribution in [1.29, 1.82) is 0 Å². The van der Waals surface area contributed by atoms with Gasteiger partial charge >= 0.3 is 0 Å². The Hall–Kier alpha value is -1.29. The van der Waals surface area contributed by atoms with Crippen LogP contribution in [0.2, 0.25) is 0 Å². The molecule has 1 N–H and O–H groups in total. The zero-order valence-electron chi connectivity index (χ0n) is 8.39. The third kappa shape index (κ3) is 1.90. The van der Waals surface area contributed by atoms with Crippen molar-refractivity contribution in [3.63, 3.8) is 0 Å². The molecule has 3 nitrogen and oxygen atoms in total.